The molecule has 1 atom stereocenters. The van der Waals surface area contributed by atoms with Crippen molar-refractivity contribution in [3.63, 3.8) is 0 Å². The maximum Gasteiger partial charge on any atom is 0.223 e. The molecule has 0 aliphatic carbocycles. The smallest absolute Gasteiger partial charge is 0.223 e. The van der Waals surface area contributed by atoms with Crippen LogP contribution in [0.5, 0.6) is 0 Å². The van der Waals surface area contributed by atoms with Crippen LogP contribution in [0.3, 0.4) is 0 Å². The molecule has 0 spiro atoms. The molecule has 1 amide bonds. The Morgan fingerprint density at radius 2 is 1.86 bits per heavy atom. The van der Waals surface area contributed by atoms with E-state index in [1.807, 2.05) is 0 Å². The summed E-state index contributed by atoms with van der Waals surface area (Å²) in [6, 6.07) is 4.86. The van der Waals surface area contributed by atoms with Crippen LogP contribution in [0, 0.1) is 5.82 Å². The second kappa shape index (κ2) is 6.56. The van der Waals surface area contributed by atoms with E-state index in [0.29, 0.717) is 12.0 Å². The van der Waals surface area contributed by atoms with Crippen molar-refractivity contribution in [2.75, 3.05) is 18.6 Å². The fourth-order valence-electron chi connectivity index (χ4n) is 2.46. The van der Waals surface area contributed by atoms with Crippen LogP contribution >= 0.6 is 0 Å². The summed E-state index contributed by atoms with van der Waals surface area (Å²) in [7, 11) is -1.48. The second-order valence-electron chi connectivity index (χ2n) is 5.49. The highest BCUT2D eigenvalue weighted by Gasteiger charge is 2.32. The van der Waals surface area contributed by atoms with Crippen LogP contribution in [0.4, 0.5) is 4.39 Å². The van der Waals surface area contributed by atoms with Crippen molar-refractivity contribution in [1.82, 2.24) is 4.90 Å². The van der Waals surface area contributed by atoms with Gasteiger partial charge in [-0.2, -0.15) is 0 Å². The zero-order chi connectivity index (χ0) is 16.3. The molecule has 0 bridgehead atoms. The van der Waals surface area contributed by atoms with Gasteiger partial charge in [0.2, 0.25) is 5.91 Å². The van der Waals surface area contributed by atoms with Gasteiger partial charge >= 0.3 is 0 Å². The third-order valence-electron chi connectivity index (χ3n) is 3.88. The summed E-state index contributed by atoms with van der Waals surface area (Å²) in [4.78, 5) is 25.4. The minimum atomic E-state index is -3.05. The quantitative estimate of drug-likeness (QED) is 0.767. The van der Waals surface area contributed by atoms with Crippen molar-refractivity contribution in [2.24, 2.45) is 0 Å². The van der Waals surface area contributed by atoms with E-state index in [4.69, 9.17) is 0 Å². The predicted octanol–water partition coefficient (Wildman–Crippen LogP) is 1.43. The summed E-state index contributed by atoms with van der Waals surface area (Å²) in [5, 5.41) is 0. The van der Waals surface area contributed by atoms with Gasteiger partial charge in [-0.1, -0.05) is 0 Å². The molecule has 0 N–H and O–H groups in total. The third-order valence-corrected chi connectivity index (χ3v) is 5.63. The minimum Gasteiger partial charge on any atom is -0.342 e. The molecule has 1 saturated heterocycles. The highest BCUT2D eigenvalue weighted by molar-refractivity contribution is 7.91. The van der Waals surface area contributed by atoms with Gasteiger partial charge in [0.05, 0.1) is 11.5 Å². The Morgan fingerprint density at radius 3 is 2.41 bits per heavy atom. The second-order valence-corrected chi connectivity index (χ2v) is 7.72. The zero-order valence-electron chi connectivity index (χ0n) is 12.3. The molecule has 0 aromatic heterocycles. The zero-order valence-corrected chi connectivity index (χ0v) is 13.1. The first kappa shape index (κ1) is 16.6. The summed E-state index contributed by atoms with van der Waals surface area (Å²) in [5.41, 5.74) is 0.361. The van der Waals surface area contributed by atoms with E-state index in [-0.39, 0.29) is 42.1 Å². The molecule has 7 heteroatoms. The topological polar surface area (TPSA) is 71.5 Å². The molecule has 0 saturated carbocycles. The average molecular weight is 327 g/mol. The Hall–Kier alpha value is -1.76. The van der Waals surface area contributed by atoms with Gasteiger partial charge < -0.3 is 4.90 Å². The predicted molar refractivity (Wildman–Crippen MR) is 79.8 cm³/mol. The lowest BCUT2D eigenvalue weighted by Crippen LogP contribution is -2.37. The van der Waals surface area contributed by atoms with Gasteiger partial charge in [0, 0.05) is 31.5 Å². The number of carbonyl (C=O) groups is 2. The molecular weight excluding hydrogens is 309 g/mol. The highest BCUT2D eigenvalue weighted by Crippen LogP contribution is 2.18. The van der Waals surface area contributed by atoms with Crippen LogP contribution in [0.1, 0.15) is 29.6 Å². The Bertz CT molecular complexity index is 669. The van der Waals surface area contributed by atoms with Crippen LogP contribution < -0.4 is 0 Å². The van der Waals surface area contributed by atoms with E-state index in [1.165, 1.54) is 29.2 Å². The lowest BCUT2D eigenvalue weighted by molar-refractivity contribution is -0.131. The largest absolute Gasteiger partial charge is 0.342 e. The van der Waals surface area contributed by atoms with Gasteiger partial charge in [-0.25, -0.2) is 12.8 Å². The lowest BCUT2D eigenvalue weighted by Gasteiger charge is -2.23. The molecule has 1 fully saturated rings. The third kappa shape index (κ3) is 4.13. The number of benzene rings is 1. The van der Waals surface area contributed by atoms with E-state index in [0.717, 1.165) is 0 Å². The minimum absolute atomic E-state index is 0.0127. The van der Waals surface area contributed by atoms with Crippen LogP contribution in [-0.2, 0) is 14.6 Å². The normalized spacial score (nSPS) is 19.8. The molecule has 1 aliphatic rings. The SMILES string of the molecule is CN(C(=O)CCC(=O)c1ccc(F)cc1)[C@@H]1CCS(=O)(=O)C1. The molecule has 2 rings (SSSR count). The van der Waals surface area contributed by atoms with E-state index < -0.39 is 15.7 Å². The average Bonchev–Trinajstić information content (AvgIpc) is 2.84. The Labute approximate surface area is 129 Å². The fraction of sp³-hybridized carbons (Fsp3) is 0.467. The molecule has 1 aromatic rings. The number of hydrogen-bond donors (Lipinski definition) is 0. The first-order valence-corrected chi connectivity index (χ1v) is 8.85. The van der Waals surface area contributed by atoms with E-state index in [1.54, 1.807) is 7.05 Å². The molecule has 0 unspecified atom stereocenters. The number of hydrogen-bond acceptors (Lipinski definition) is 4. The number of ketones is 1. The molecule has 120 valence electrons. The van der Waals surface area contributed by atoms with Crippen molar-refractivity contribution < 1.29 is 22.4 Å². The van der Waals surface area contributed by atoms with Gasteiger partial charge in [-0.05, 0) is 30.7 Å². The summed E-state index contributed by atoms with van der Waals surface area (Å²) in [6.45, 7) is 0. The van der Waals surface area contributed by atoms with Gasteiger partial charge in [0.25, 0.3) is 0 Å². The number of Topliss-reactive ketones (excluding diaryl/α,β-unsaturated/α-hetero) is 1. The van der Waals surface area contributed by atoms with Gasteiger partial charge in [-0.15, -0.1) is 0 Å². The monoisotopic (exact) mass is 327 g/mol. The molecule has 1 aliphatic heterocycles. The molecule has 22 heavy (non-hydrogen) atoms. The van der Waals surface area contributed by atoms with Crippen LogP contribution in [-0.4, -0.2) is 49.6 Å². The maximum absolute atomic E-state index is 12.8. The maximum atomic E-state index is 12.8. The van der Waals surface area contributed by atoms with E-state index in [2.05, 4.69) is 0 Å². The van der Waals surface area contributed by atoms with Crippen molar-refractivity contribution >= 4 is 21.5 Å². The Morgan fingerprint density at radius 1 is 1.23 bits per heavy atom. The van der Waals surface area contributed by atoms with E-state index >= 15 is 0 Å². The summed E-state index contributed by atoms with van der Waals surface area (Å²) in [6.07, 6.45) is 0.480. The Kier molecular flexibility index (Phi) is 4.95. The number of nitrogens with zero attached hydrogens (tertiary/aromatic N) is 1. The van der Waals surface area contributed by atoms with Crippen molar-refractivity contribution in [1.29, 1.82) is 0 Å². The van der Waals surface area contributed by atoms with Crippen molar-refractivity contribution in [2.45, 2.75) is 25.3 Å². The molecule has 1 heterocycles. The molecule has 0 radical (unpaired) electrons. The van der Waals surface area contributed by atoms with Gasteiger partial charge in [0.15, 0.2) is 15.6 Å². The summed E-state index contributed by atoms with van der Waals surface area (Å²) < 4.78 is 35.6. The first-order chi connectivity index (χ1) is 10.3. The Balaban J connectivity index is 1.87. The van der Waals surface area contributed by atoms with Gasteiger partial charge in [0.1, 0.15) is 5.82 Å². The van der Waals surface area contributed by atoms with Crippen LogP contribution in [0.15, 0.2) is 24.3 Å². The highest BCUT2D eigenvalue weighted by atomic mass is 32.2. The summed E-state index contributed by atoms with van der Waals surface area (Å²) >= 11 is 0. The first-order valence-electron chi connectivity index (χ1n) is 7.03. The number of rotatable bonds is 5. The number of sulfone groups is 1. The number of carbonyl (C=O) groups excluding carboxylic acids is 2. The van der Waals surface area contributed by atoms with Crippen LogP contribution in [0.2, 0.25) is 0 Å². The fourth-order valence-corrected chi connectivity index (χ4v) is 4.24. The van der Waals surface area contributed by atoms with E-state index in [9.17, 15) is 22.4 Å². The lowest BCUT2D eigenvalue weighted by atomic mass is 10.1. The molecular formula is C15H18FNO4S. The van der Waals surface area contributed by atoms with Crippen molar-refractivity contribution in [3.8, 4) is 0 Å². The molecule has 5 nitrogen and oxygen atoms in total. The number of amides is 1. The number of halogens is 1. The summed E-state index contributed by atoms with van der Waals surface area (Å²) in [5.74, 6) is -0.821. The van der Waals surface area contributed by atoms with Crippen LogP contribution in [0.25, 0.3) is 0 Å². The van der Waals surface area contributed by atoms with Gasteiger partial charge in [-0.3, -0.25) is 9.59 Å². The molecule has 1 aromatic carbocycles. The van der Waals surface area contributed by atoms with Crippen molar-refractivity contribution in [3.05, 3.63) is 35.6 Å². The standard InChI is InChI=1S/C15H18FNO4S/c1-17(13-8-9-22(20,21)10-13)15(19)7-6-14(18)11-2-4-12(16)5-3-11/h2-5,13H,6-10H2,1H3/t13-/m1/s1.